The minimum atomic E-state index is -4.50. The summed E-state index contributed by atoms with van der Waals surface area (Å²) in [5, 5.41) is 2.39. The molecule has 2 amide bonds. The van der Waals surface area contributed by atoms with Crippen molar-refractivity contribution in [2.45, 2.75) is 19.6 Å². The van der Waals surface area contributed by atoms with Gasteiger partial charge in [-0.15, -0.1) is 0 Å². The van der Waals surface area contributed by atoms with E-state index in [1.54, 1.807) is 24.3 Å². The lowest BCUT2D eigenvalue weighted by molar-refractivity contribution is -0.137. The van der Waals surface area contributed by atoms with E-state index in [4.69, 9.17) is 4.74 Å². The van der Waals surface area contributed by atoms with E-state index in [0.717, 1.165) is 17.7 Å². The summed E-state index contributed by atoms with van der Waals surface area (Å²) in [7, 11) is 1.54. The third-order valence-electron chi connectivity index (χ3n) is 3.79. The number of carbonyl (C=O) groups is 2. The molecule has 2 aromatic carbocycles. The fourth-order valence-electron chi connectivity index (χ4n) is 2.38. The van der Waals surface area contributed by atoms with Crippen LogP contribution in [0.15, 0.2) is 48.5 Å². The second-order valence-corrected chi connectivity index (χ2v) is 5.85. The minimum absolute atomic E-state index is 0.0165. The molecule has 0 saturated carbocycles. The molecule has 144 valence electrons. The summed E-state index contributed by atoms with van der Waals surface area (Å²) >= 11 is 0. The van der Waals surface area contributed by atoms with E-state index in [1.807, 2.05) is 0 Å². The predicted octanol–water partition coefficient (Wildman–Crippen LogP) is 3.70. The van der Waals surface area contributed by atoms with Crippen LogP contribution < -0.4 is 10.1 Å². The Morgan fingerprint density at radius 2 is 1.78 bits per heavy atom. The van der Waals surface area contributed by atoms with Crippen molar-refractivity contribution in [1.29, 1.82) is 0 Å². The topological polar surface area (TPSA) is 58.6 Å². The van der Waals surface area contributed by atoms with Gasteiger partial charge in [-0.3, -0.25) is 9.59 Å². The number of alkyl halides is 3. The average Bonchev–Trinajstić information content (AvgIpc) is 2.61. The second-order valence-electron chi connectivity index (χ2n) is 5.85. The Hall–Kier alpha value is -3.03. The maximum Gasteiger partial charge on any atom is 0.416 e. The molecular weight excluding hydrogens is 361 g/mol. The van der Waals surface area contributed by atoms with Gasteiger partial charge in [0.05, 0.1) is 12.7 Å². The molecule has 0 saturated heterocycles. The van der Waals surface area contributed by atoms with E-state index in [-0.39, 0.29) is 24.7 Å². The Labute approximate surface area is 154 Å². The first-order chi connectivity index (χ1) is 12.7. The van der Waals surface area contributed by atoms with Gasteiger partial charge in [-0.2, -0.15) is 13.2 Å². The Balaban J connectivity index is 2.03. The van der Waals surface area contributed by atoms with Crippen molar-refractivity contribution in [3.05, 3.63) is 59.7 Å². The van der Waals surface area contributed by atoms with Crippen LogP contribution in [0.4, 0.5) is 18.9 Å². The van der Waals surface area contributed by atoms with Gasteiger partial charge >= 0.3 is 6.18 Å². The zero-order valence-corrected chi connectivity index (χ0v) is 14.8. The number of hydrogen-bond acceptors (Lipinski definition) is 3. The van der Waals surface area contributed by atoms with Crippen molar-refractivity contribution in [1.82, 2.24) is 4.90 Å². The van der Waals surface area contributed by atoms with Crippen molar-refractivity contribution in [3.63, 3.8) is 0 Å². The standard InChI is InChI=1S/C19H19F3N2O3/c1-13(25)24(11-14-6-8-17(27-2)9-7-14)12-18(26)23-16-5-3-4-15(10-16)19(20,21)22/h3-10H,11-12H2,1-2H3,(H,23,26). The molecule has 8 heteroatoms. The highest BCUT2D eigenvalue weighted by Crippen LogP contribution is 2.30. The van der Waals surface area contributed by atoms with Gasteiger partial charge in [0.25, 0.3) is 0 Å². The van der Waals surface area contributed by atoms with Gasteiger partial charge in [0, 0.05) is 19.2 Å². The molecule has 2 rings (SSSR count). The van der Waals surface area contributed by atoms with Crippen LogP contribution in [-0.4, -0.2) is 30.4 Å². The average molecular weight is 380 g/mol. The highest BCUT2D eigenvalue weighted by Gasteiger charge is 2.30. The monoisotopic (exact) mass is 380 g/mol. The molecule has 0 radical (unpaired) electrons. The number of amides is 2. The fourth-order valence-corrected chi connectivity index (χ4v) is 2.38. The molecule has 0 fully saturated rings. The Morgan fingerprint density at radius 3 is 2.33 bits per heavy atom. The molecule has 0 unspecified atom stereocenters. The zero-order valence-electron chi connectivity index (χ0n) is 14.8. The van der Waals surface area contributed by atoms with Crippen LogP contribution in [0.2, 0.25) is 0 Å². The number of halogens is 3. The maximum atomic E-state index is 12.7. The van der Waals surface area contributed by atoms with Crippen LogP contribution in [0.1, 0.15) is 18.1 Å². The zero-order chi connectivity index (χ0) is 20.0. The summed E-state index contributed by atoms with van der Waals surface area (Å²) in [5.74, 6) is -0.251. The van der Waals surface area contributed by atoms with Gasteiger partial charge in [-0.1, -0.05) is 18.2 Å². The molecule has 0 spiro atoms. The quantitative estimate of drug-likeness (QED) is 0.831. The molecule has 27 heavy (non-hydrogen) atoms. The van der Waals surface area contributed by atoms with Crippen LogP contribution in [0.5, 0.6) is 5.75 Å². The van der Waals surface area contributed by atoms with Crippen molar-refractivity contribution < 1.29 is 27.5 Å². The molecule has 0 aliphatic heterocycles. The van der Waals surface area contributed by atoms with E-state index in [0.29, 0.717) is 5.75 Å². The van der Waals surface area contributed by atoms with Gasteiger partial charge in [-0.25, -0.2) is 0 Å². The normalized spacial score (nSPS) is 11.0. The summed E-state index contributed by atoms with van der Waals surface area (Å²) in [6.07, 6.45) is -4.50. The fraction of sp³-hybridized carbons (Fsp3) is 0.263. The van der Waals surface area contributed by atoms with E-state index < -0.39 is 17.6 Å². The number of nitrogens with zero attached hydrogens (tertiary/aromatic N) is 1. The number of nitrogens with one attached hydrogen (secondary N) is 1. The molecule has 0 heterocycles. The molecule has 2 aromatic rings. The Kier molecular flexibility index (Phi) is 6.44. The predicted molar refractivity (Wildman–Crippen MR) is 94.2 cm³/mol. The van der Waals surface area contributed by atoms with Crippen molar-refractivity contribution >= 4 is 17.5 Å². The summed E-state index contributed by atoms with van der Waals surface area (Å²) < 4.78 is 43.3. The molecule has 5 nitrogen and oxygen atoms in total. The summed E-state index contributed by atoms with van der Waals surface area (Å²) in [4.78, 5) is 25.3. The first kappa shape index (κ1) is 20.3. The number of rotatable bonds is 6. The molecule has 0 atom stereocenters. The van der Waals surface area contributed by atoms with Gasteiger partial charge in [0.2, 0.25) is 11.8 Å². The van der Waals surface area contributed by atoms with Crippen LogP contribution in [0, 0.1) is 0 Å². The van der Waals surface area contributed by atoms with E-state index in [1.165, 1.54) is 31.1 Å². The molecule has 0 aliphatic carbocycles. The molecule has 1 N–H and O–H groups in total. The Morgan fingerprint density at radius 1 is 1.11 bits per heavy atom. The van der Waals surface area contributed by atoms with Crippen LogP contribution in [-0.2, 0) is 22.3 Å². The van der Waals surface area contributed by atoms with E-state index >= 15 is 0 Å². The number of anilines is 1. The third-order valence-corrected chi connectivity index (χ3v) is 3.79. The van der Waals surface area contributed by atoms with E-state index in [2.05, 4.69) is 5.32 Å². The third kappa shape index (κ3) is 6.02. The highest BCUT2D eigenvalue weighted by molar-refractivity contribution is 5.94. The number of carbonyl (C=O) groups excluding carboxylic acids is 2. The summed E-state index contributed by atoms with van der Waals surface area (Å²) in [5.41, 5.74) is -0.0531. The van der Waals surface area contributed by atoms with Crippen molar-refractivity contribution in [3.8, 4) is 5.75 Å². The lowest BCUT2D eigenvalue weighted by atomic mass is 10.2. The maximum absolute atomic E-state index is 12.7. The SMILES string of the molecule is COc1ccc(CN(CC(=O)Nc2cccc(C(F)(F)F)c2)C(C)=O)cc1. The van der Waals surface area contributed by atoms with Crippen LogP contribution in [0.25, 0.3) is 0 Å². The Bertz CT molecular complexity index is 805. The molecule has 0 aromatic heterocycles. The first-order valence-corrected chi connectivity index (χ1v) is 8.04. The molecule has 0 bridgehead atoms. The van der Waals surface area contributed by atoms with Gasteiger partial charge in [0.15, 0.2) is 0 Å². The van der Waals surface area contributed by atoms with Gasteiger partial charge in [0.1, 0.15) is 12.3 Å². The molecule has 0 aliphatic rings. The van der Waals surface area contributed by atoms with Crippen molar-refractivity contribution in [2.75, 3.05) is 19.0 Å². The lowest BCUT2D eigenvalue weighted by Gasteiger charge is -2.21. The highest BCUT2D eigenvalue weighted by atomic mass is 19.4. The molecular formula is C19H19F3N2O3. The smallest absolute Gasteiger partial charge is 0.416 e. The minimum Gasteiger partial charge on any atom is -0.497 e. The van der Waals surface area contributed by atoms with Crippen LogP contribution in [0.3, 0.4) is 0 Å². The largest absolute Gasteiger partial charge is 0.497 e. The number of ether oxygens (including phenoxy) is 1. The summed E-state index contributed by atoms with van der Waals surface area (Å²) in [6.45, 7) is 1.23. The van der Waals surface area contributed by atoms with Gasteiger partial charge in [-0.05, 0) is 35.9 Å². The number of benzene rings is 2. The lowest BCUT2D eigenvalue weighted by Crippen LogP contribution is -2.36. The first-order valence-electron chi connectivity index (χ1n) is 8.04. The van der Waals surface area contributed by atoms with Crippen LogP contribution >= 0.6 is 0 Å². The van der Waals surface area contributed by atoms with Gasteiger partial charge < -0.3 is 15.0 Å². The summed E-state index contributed by atoms with van der Waals surface area (Å²) in [6, 6.07) is 11.3. The number of hydrogen-bond donors (Lipinski definition) is 1. The van der Waals surface area contributed by atoms with Crippen molar-refractivity contribution in [2.24, 2.45) is 0 Å². The number of methoxy groups -OCH3 is 1. The second kappa shape index (κ2) is 8.57. The van der Waals surface area contributed by atoms with E-state index in [9.17, 15) is 22.8 Å².